The molecular weight excluding hydrogens is 220 g/mol. The molecule has 2 rings (SSSR count). The van der Waals surface area contributed by atoms with Crippen molar-refractivity contribution in [1.82, 2.24) is 0 Å². The smallest absolute Gasteiger partial charge is 0.337 e. The van der Waals surface area contributed by atoms with E-state index in [1.165, 1.54) is 6.07 Å². The van der Waals surface area contributed by atoms with Crippen LogP contribution in [-0.2, 0) is 6.54 Å². The molecular formula is C12H12N2O3. The fourth-order valence-corrected chi connectivity index (χ4v) is 1.53. The molecule has 0 aliphatic rings. The average molecular weight is 232 g/mol. The van der Waals surface area contributed by atoms with Crippen LogP contribution in [0.4, 0.5) is 11.4 Å². The molecule has 5 nitrogen and oxygen atoms in total. The number of carbonyl (C=O) groups is 1. The zero-order valence-corrected chi connectivity index (χ0v) is 9.01. The Labute approximate surface area is 97.9 Å². The van der Waals surface area contributed by atoms with Crippen LogP contribution in [0.3, 0.4) is 0 Å². The van der Waals surface area contributed by atoms with E-state index in [1.807, 2.05) is 0 Å². The van der Waals surface area contributed by atoms with Gasteiger partial charge in [0.1, 0.15) is 5.76 Å². The molecule has 0 fully saturated rings. The number of rotatable bonds is 4. The quantitative estimate of drug-likeness (QED) is 0.703. The summed E-state index contributed by atoms with van der Waals surface area (Å²) in [6, 6.07) is 8.33. The Morgan fingerprint density at radius 3 is 2.82 bits per heavy atom. The summed E-state index contributed by atoms with van der Waals surface area (Å²) in [5, 5.41) is 12.0. The van der Waals surface area contributed by atoms with Crippen molar-refractivity contribution >= 4 is 17.3 Å². The highest BCUT2D eigenvalue weighted by Crippen LogP contribution is 2.24. The number of benzene rings is 1. The molecule has 88 valence electrons. The lowest BCUT2D eigenvalue weighted by molar-refractivity contribution is 0.0698. The summed E-state index contributed by atoms with van der Waals surface area (Å²) in [5.74, 6) is -0.302. The highest BCUT2D eigenvalue weighted by Gasteiger charge is 2.12. The Bertz CT molecular complexity index is 521. The van der Waals surface area contributed by atoms with Crippen molar-refractivity contribution in [2.24, 2.45) is 0 Å². The second kappa shape index (κ2) is 4.61. The number of nitrogens with two attached hydrogens (primary N) is 1. The van der Waals surface area contributed by atoms with Gasteiger partial charge in [-0.25, -0.2) is 4.79 Å². The topological polar surface area (TPSA) is 88.5 Å². The fourth-order valence-electron chi connectivity index (χ4n) is 1.53. The summed E-state index contributed by atoms with van der Waals surface area (Å²) < 4.78 is 5.14. The zero-order chi connectivity index (χ0) is 12.3. The molecule has 0 aliphatic heterocycles. The first kappa shape index (κ1) is 11.1. The summed E-state index contributed by atoms with van der Waals surface area (Å²) in [5.41, 5.74) is 6.70. The second-order valence-electron chi connectivity index (χ2n) is 3.51. The van der Waals surface area contributed by atoms with Crippen LogP contribution >= 0.6 is 0 Å². The van der Waals surface area contributed by atoms with Crippen molar-refractivity contribution in [3.8, 4) is 0 Å². The van der Waals surface area contributed by atoms with Crippen molar-refractivity contribution in [1.29, 1.82) is 0 Å². The average Bonchev–Trinajstić information content (AvgIpc) is 2.80. The number of carboxylic acid groups (broad SMARTS) is 1. The van der Waals surface area contributed by atoms with Gasteiger partial charge in [-0.3, -0.25) is 0 Å². The molecule has 5 heteroatoms. The molecule has 0 unspecified atom stereocenters. The lowest BCUT2D eigenvalue weighted by Gasteiger charge is -2.10. The number of para-hydroxylation sites is 1. The Kier molecular flexibility index (Phi) is 3.00. The van der Waals surface area contributed by atoms with Gasteiger partial charge in [-0.1, -0.05) is 6.07 Å². The predicted molar refractivity (Wildman–Crippen MR) is 63.8 cm³/mol. The maximum Gasteiger partial charge on any atom is 0.337 e. The first-order valence-corrected chi connectivity index (χ1v) is 5.06. The summed E-state index contributed by atoms with van der Waals surface area (Å²) in [7, 11) is 0. The summed E-state index contributed by atoms with van der Waals surface area (Å²) in [4.78, 5) is 11.0. The number of carboxylic acids is 1. The van der Waals surface area contributed by atoms with Crippen LogP contribution in [0.2, 0.25) is 0 Å². The SMILES string of the molecule is Nc1cccc(C(=O)O)c1NCc1ccco1. The van der Waals surface area contributed by atoms with Gasteiger partial charge in [0.2, 0.25) is 0 Å². The third-order valence-electron chi connectivity index (χ3n) is 2.35. The normalized spacial score (nSPS) is 10.1. The number of hydrogen-bond acceptors (Lipinski definition) is 4. The van der Waals surface area contributed by atoms with E-state index in [9.17, 15) is 4.79 Å². The number of hydrogen-bond donors (Lipinski definition) is 3. The minimum Gasteiger partial charge on any atom is -0.478 e. The van der Waals surface area contributed by atoms with Crippen LogP contribution in [0, 0.1) is 0 Å². The monoisotopic (exact) mass is 232 g/mol. The van der Waals surface area contributed by atoms with E-state index in [1.54, 1.807) is 30.5 Å². The van der Waals surface area contributed by atoms with Crippen molar-refractivity contribution in [2.75, 3.05) is 11.1 Å². The molecule has 0 amide bonds. The lowest BCUT2D eigenvalue weighted by Crippen LogP contribution is -2.08. The number of furan rings is 1. The molecule has 4 N–H and O–H groups in total. The van der Waals surface area contributed by atoms with Gasteiger partial charge in [-0.05, 0) is 24.3 Å². The lowest BCUT2D eigenvalue weighted by atomic mass is 10.1. The molecule has 0 bridgehead atoms. The first-order chi connectivity index (χ1) is 8.18. The van der Waals surface area contributed by atoms with Crippen LogP contribution in [0.1, 0.15) is 16.1 Å². The second-order valence-corrected chi connectivity index (χ2v) is 3.51. The van der Waals surface area contributed by atoms with Gasteiger partial charge >= 0.3 is 5.97 Å². The predicted octanol–water partition coefficient (Wildman–Crippen LogP) is 2.17. The summed E-state index contributed by atoms with van der Waals surface area (Å²) in [6.07, 6.45) is 1.56. The van der Waals surface area contributed by atoms with E-state index in [4.69, 9.17) is 15.3 Å². The number of anilines is 2. The number of nitrogen functional groups attached to an aromatic ring is 1. The molecule has 0 atom stereocenters. The van der Waals surface area contributed by atoms with E-state index >= 15 is 0 Å². The summed E-state index contributed by atoms with van der Waals surface area (Å²) >= 11 is 0. The van der Waals surface area contributed by atoms with Crippen LogP contribution < -0.4 is 11.1 Å². The van der Waals surface area contributed by atoms with Gasteiger partial charge in [-0.15, -0.1) is 0 Å². The largest absolute Gasteiger partial charge is 0.478 e. The number of nitrogens with one attached hydrogen (secondary N) is 1. The molecule has 0 saturated carbocycles. The fraction of sp³-hybridized carbons (Fsp3) is 0.0833. The van der Waals surface area contributed by atoms with E-state index in [0.29, 0.717) is 23.7 Å². The Morgan fingerprint density at radius 1 is 1.35 bits per heavy atom. The Hall–Kier alpha value is -2.43. The highest BCUT2D eigenvalue weighted by atomic mass is 16.4. The summed E-state index contributed by atoms with van der Waals surface area (Å²) in [6.45, 7) is 0.390. The van der Waals surface area contributed by atoms with Gasteiger partial charge in [0.25, 0.3) is 0 Å². The van der Waals surface area contributed by atoms with Crippen LogP contribution in [0.5, 0.6) is 0 Å². The Balaban J connectivity index is 2.22. The maximum absolute atomic E-state index is 11.0. The molecule has 0 spiro atoms. The van der Waals surface area contributed by atoms with Crippen LogP contribution in [0.25, 0.3) is 0 Å². The molecule has 17 heavy (non-hydrogen) atoms. The van der Waals surface area contributed by atoms with Crippen molar-refractivity contribution < 1.29 is 14.3 Å². The molecule has 1 aromatic heterocycles. The van der Waals surface area contributed by atoms with Gasteiger partial charge in [0.05, 0.1) is 29.7 Å². The van der Waals surface area contributed by atoms with Gasteiger partial charge in [0, 0.05) is 0 Å². The van der Waals surface area contributed by atoms with Crippen LogP contribution in [0.15, 0.2) is 41.0 Å². The van der Waals surface area contributed by atoms with E-state index < -0.39 is 5.97 Å². The highest BCUT2D eigenvalue weighted by molar-refractivity contribution is 5.97. The third-order valence-corrected chi connectivity index (χ3v) is 2.35. The minimum atomic E-state index is -1.01. The molecule has 1 heterocycles. The first-order valence-electron chi connectivity index (χ1n) is 5.06. The van der Waals surface area contributed by atoms with E-state index in [2.05, 4.69) is 5.32 Å². The Morgan fingerprint density at radius 2 is 2.18 bits per heavy atom. The van der Waals surface area contributed by atoms with Crippen LogP contribution in [-0.4, -0.2) is 11.1 Å². The number of aromatic carboxylic acids is 1. The van der Waals surface area contributed by atoms with Crippen molar-refractivity contribution in [3.63, 3.8) is 0 Å². The minimum absolute atomic E-state index is 0.150. The van der Waals surface area contributed by atoms with Gasteiger partial charge < -0.3 is 20.6 Å². The third kappa shape index (κ3) is 2.39. The molecule has 0 saturated heterocycles. The van der Waals surface area contributed by atoms with E-state index in [0.717, 1.165) is 0 Å². The zero-order valence-electron chi connectivity index (χ0n) is 9.01. The maximum atomic E-state index is 11.0. The standard InChI is InChI=1S/C12H12N2O3/c13-10-5-1-4-9(12(15)16)11(10)14-7-8-3-2-6-17-8/h1-6,14H,7,13H2,(H,15,16). The van der Waals surface area contributed by atoms with Gasteiger partial charge in [-0.2, -0.15) is 0 Å². The molecule has 1 aromatic carbocycles. The molecule has 0 radical (unpaired) electrons. The van der Waals surface area contributed by atoms with E-state index in [-0.39, 0.29) is 5.56 Å². The van der Waals surface area contributed by atoms with Gasteiger partial charge in [0.15, 0.2) is 0 Å². The molecule has 0 aliphatic carbocycles. The molecule has 2 aromatic rings. The van der Waals surface area contributed by atoms with Crippen molar-refractivity contribution in [3.05, 3.63) is 47.9 Å². The van der Waals surface area contributed by atoms with Crippen molar-refractivity contribution in [2.45, 2.75) is 6.54 Å².